The average Bonchev–Trinajstić information content (AvgIpc) is 2.60. The highest BCUT2D eigenvalue weighted by Crippen LogP contribution is 2.36. The lowest BCUT2D eigenvalue weighted by Gasteiger charge is -2.11. The Hall–Kier alpha value is -1.49. The van der Waals surface area contributed by atoms with Crippen LogP contribution in [0.1, 0.15) is 11.1 Å². The maximum Gasteiger partial charge on any atom is 0.136 e. The minimum absolute atomic E-state index is 0.623. The molecule has 5 heteroatoms. The molecule has 0 aliphatic carbocycles. The summed E-state index contributed by atoms with van der Waals surface area (Å²) >= 11 is 3.49. The molecule has 18 heavy (non-hydrogen) atoms. The van der Waals surface area contributed by atoms with Crippen LogP contribution in [0.25, 0.3) is 11.3 Å². The predicted octanol–water partition coefficient (Wildman–Crippen LogP) is 3.06. The van der Waals surface area contributed by atoms with Crippen molar-refractivity contribution in [3.8, 4) is 17.0 Å². The molecule has 0 saturated carbocycles. The van der Waals surface area contributed by atoms with Crippen molar-refractivity contribution in [2.24, 2.45) is 7.05 Å². The third-order valence-corrected chi connectivity index (χ3v) is 4.03. The Morgan fingerprint density at radius 3 is 2.44 bits per heavy atom. The van der Waals surface area contributed by atoms with E-state index in [1.807, 2.05) is 26.1 Å². The number of aromatic nitrogens is 2. The molecule has 0 fully saturated rings. The van der Waals surface area contributed by atoms with Gasteiger partial charge in [0.1, 0.15) is 17.3 Å². The SMILES string of the molecule is COc1ccc(-c2nn(C)c(N)c2Br)c(C)c1C. The number of nitrogens with two attached hydrogens (primary N) is 1. The molecule has 0 bridgehead atoms. The summed E-state index contributed by atoms with van der Waals surface area (Å²) in [5, 5.41) is 4.44. The Labute approximate surface area is 115 Å². The quantitative estimate of drug-likeness (QED) is 0.927. The number of nitrogens with zero attached hydrogens (tertiary/aromatic N) is 2. The van der Waals surface area contributed by atoms with E-state index in [1.165, 1.54) is 0 Å². The lowest BCUT2D eigenvalue weighted by molar-refractivity contribution is 0.411. The molecule has 0 aliphatic rings. The van der Waals surface area contributed by atoms with Crippen molar-refractivity contribution in [2.45, 2.75) is 13.8 Å². The summed E-state index contributed by atoms with van der Waals surface area (Å²) in [4.78, 5) is 0. The van der Waals surface area contributed by atoms with Crippen molar-refractivity contribution in [1.82, 2.24) is 9.78 Å². The number of methoxy groups -OCH3 is 1. The first-order valence-corrected chi connectivity index (χ1v) is 6.39. The second kappa shape index (κ2) is 4.65. The molecule has 96 valence electrons. The third kappa shape index (κ3) is 1.88. The molecule has 0 amide bonds. The number of benzene rings is 1. The fraction of sp³-hybridized carbons (Fsp3) is 0.308. The van der Waals surface area contributed by atoms with Crippen LogP contribution in [0.4, 0.5) is 5.82 Å². The van der Waals surface area contributed by atoms with E-state index in [1.54, 1.807) is 11.8 Å². The first kappa shape index (κ1) is 13.0. The molecule has 0 aliphatic heterocycles. The minimum Gasteiger partial charge on any atom is -0.496 e. The van der Waals surface area contributed by atoms with Gasteiger partial charge in [0, 0.05) is 12.6 Å². The Bertz CT molecular complexity index is 605. The minimum atomic E-state index is 0.623. The van der Waals surface area contributed by atoms with Gasteiger partial charge in [-0.3, -0.25) is 4.68 Å². The molecule has 1 heterocycles. The lowest BCUT2D eigenvalue weighted by atomic mass is 10.00. The standard InChI is InChI=1S/C13H16BrN3O/c1-7-8(2)10(18-4)6-5-9(7)12-11(14)13(15)17(3)16-12/h5-6H,15H2,1-4H3. The number of anilines is 1. The normalized spacial score (nSPS) is 10.7. The molecule has 0 spiro atoms. The number of halogens is 1. The fourth-order valence-electron chi connectivity index (χ4n) is 1.96. The molecule has 0 atom stereocenters. The van der Waals surface area contributed by atoms with Gasteiger partial charge in [0.15, 0.2) is 0 Å². The van der Waals surface area contributed by atoms with E-state index in [0.717, 1.165) is 32.6 Å². The van der Waals surface area contributed by atoms with Gasteiger partial charge in [-0.05, 0) is 53.0 Å². The van der Waals surface area contributed by atoms with E-state index in [9.17, 15) is 0 Å². The van der Waals surface area contributed by atoms with Crippen molar-refractivity contribution in [3.63, 3.8) is 0 Å². The van der Waals surface area contributed by atoms with Gasteiger partial charge in [0.05, 0.1) is 11.6 Å². The van der Waals surface area contributed by atoms with Crippen molar-refractivity contribution >= 4 is 21.7 Å². The van der Waals surface area contributed by atoms with Crippen LogP contribution in [0.15, 0.2) is 16.6 Å². The summed E-state index contributed by atoms with van der Waals surface area (Å²) in [7, 11) is 3.51. The van der Waals surface area contributed by atoms with Crippen molar-refractivity contribution in [1.29, 1.82) is 0 Å². The zero-order chi connectivity index (χ0) is 13.4. The molecule has 1 aromatic heterocycles. The van der Waals surface area contributed by atoms with E-state index >= 15 is 0 Å². The van der Waals surface area contributed by atoms with Crippen LogP contribution < -0.4 is 10.5 Å². The van der Waals surface area contributed by atoms with Gasteiger partial charge in [-0.25, -0.2) is 0 Å². The van der Waals surface area contributed by atoms with Crippen LogP contribution in [0.5, 0.6) is 5.75 Å². The molecule has 1 aromatic carbocycles. The van der Waals surface area contributed by atoms with E-state index in [2.05, 4.69) is 28.0 Å². The Morgan fingerprint density at radius 1 is 1.28 bits per heavy atom. The topological polar surface area (TPSA) is 53.1 Å². The molecule has 2 rings (SSSR count). The first-order chi connectivity index (χ1) is 8.47. The summed E-state index contributed by atoms with van der Waals surface area (Å²) < 4.78 is 7.81. The van der Waals surface area contributed by atoms with Gasteiger partial charge in [0.25, 0.3) is 0 Å². The van der Waals surface area contributed by atoms with Crippen LogP contribution in [0.2, 0.25) is 0 Å². The summed E-state index contributed by atoms with van der Waals surface area (Å²) in [6.07, 6.45) is 0. The third-order valence-electron chi connectivity index (χ3n) is 3.24. The van der Waals surface area contributed by atoms with E-state index in [0.29, 0.717) is 5.82 Å². The summed E-state index contributed by atoms with van der Waals surface area (Å²) in [5.41, 5.74) is 10.1. The maximum atomic E-state index is 5.91. The zero-order valence-electron chi connectivity index (χ0n) is 10.9. The second-order valence-corrected chi connectivity index (χ2v) is 5.03. The smallest absolute Gasteiger partial charge is 0.136 e. The summed E-state index contributed by atoms with van der Waals surface area (Å²) in [6.45, 7) is 4.10. The average molecular weight is 310 g/mol. The predicted molar refractivity (Wildman–Crippen MR) is 76.8 cm³/mol. The molecule has 4 nitrogen and oxygen atoms in total. The van der Waals surface area contributed by atoms with Gasteiger partial charge in [-0.1, -0.05) is 0 Å². The molecule has 2 N–H and O–H groups in total. The van der Waals surface area contributed by atoms with Gasteiger partial charge in [-0.2, -0.15) is 5.10 Å². The van der Waals surface area contributed by atoms with Gasteiger partial charge in [0.2, 0.25) is 0 Å². The molecule has 2 aromatic rings. The summed E-state index contributed by atoms with van der Waals surface area (Å²) in [5.74, 6) is 1.51. The zero-order valence-corrected chi connectivity index (χ0v) is 12.5. The Balaban J connectivity index is 2.65. The van der Waals surface area contributed by atoms with Crippen molar-refractivity contribution < 1.29 is 4.74 Å². The van der Waals surface area contributed by atoms with E-state index in [4.69, 9.17) is 10.5 Å². The van der Waals surface area contributed by atoms with Crippen LogP contribution in [-0.2, 0) is 7.05 Å². The van der Waals surface area contributed by atoms with Crippen molar-refractivity contribution in [3.05, 3.63) is 27.7 Å². The Kier molecular flexibility index (Phi) is 3.34. The second-order valence-electron chi connectivity index (χ2n) is 4.24. The molecule has 0 unspecified atom stereocenters. The fourth-order valence-corrected chi connectivity index (χ4v) is 2.51. The number of nitrogen functional groups attached to an aromatic ring is 1. The molecule has 0 saturated heterocycles. The molecular formula is C13H16BrN3O. The van der Waals surface area contributed by atoms with Gasteiger partial charge < -0.3 is 10.5 Å². The van der Waals surface area contributed by atoms with Gasteiger partial charge in [-0.15, -0.1) is 0 Å². The highest BCUT2D eigenvalue weighted by Gasteiger charge is 2.16. The number of rotatable bonds is 2. The summed E-state index contributed by atoms with van der Waals surface area (Å²) in [6, 6.07) is 3.96. The highest BCUT2D eigenvalue weighted by atomic mass is 79.9. The van der Waals surface area contributed by atoms with Gasteiger partial charge >= 0.3 is 0 Å². The van der Waals surface area contributed by atoms with E-state index < -0.39 is 0 Å². The van der Waals surface area contributed by atoms with Crippen LogP contribution in [-0.4, -0.2) is 16.9 Å². The molecular weight excluding hydrogens is 294 g/mol. The number of hydrogen-bond donors (Lipinski definition) is 1. The maximum absolute atomic E-state index is 5.91. The molecule has 0 radical (unpaired) electrons. The largest absolute Gasteiger partial charge is 0.496 e. The monoisotopic (exact) mass is 309 g/mol. The number of ether oxygens (including phenoxy) is 1. The first-order valence-electron chi connectivity index (χ1n) is 5.60. The van der Waals surface area contributed by atoms with Crippen LogP contribution >= 0.6 is 15.9 Å². The van der Waals surface area contributed by atoms with Crippen molar-refractivity contribution in [2.75, 3.05) is 12.8 Å². The number of aryl methyl sites for hydroxylation is 1. The van der Waals surface area contributed by atoms with Crippen LogP contribution in [0, 0.1) is 13.8 Å². The Morgan fingerprint density at radius 2 is 1.94 bits per heavy atom. The number of hydrogen-bond acceptors (Lipinski definition) is 3. The van der Waals surface area contributed by atoms with Crippen LogP contribution in [0.3, 0.4) is 0 Å². The van der Waals surface area contributed by atoms with E-state index in [-0.39, 0.29) is 0 Å². The lowest BCUT2D eigenvalue weighted by Crippen LogP contribution is -1.97. The highest BCUT2D eigenvalue weighted by molar-refractivity contribution is 9.10.